The van der Waals surface area contributed by atoms with E-state index in [4.69, 9.17) is 4.74 Å². The molecule has 1 atom stereocenters. The second kappa shape index (κ2) is 5.98. The fourth-order valence-corrected chi connectivity index (χ4v) is 4.20. The van der Waals surface area contributed by atoms with Gasteiger partial charge in [0.2, 0.25) is 10.0 Å². The number of nitrogens with zero attached hydrogens (tertiary/aromatic N) is 3. The summed E-state index contributed by atoms with van der Waals surface area (Å²) < 4.78 is 31.2. The predicted molar refractivity (Wildman–Crippen MR) is 78.7 cm³/mol. The topological polar surface area (TPSA) is 72.4 Å². The van der Waals surface area contributed by atoms with Crippen molar-refractivity contribution in [1.29, 1.82) is 0 Å². The van der Waals surface area contributed by atoms with Crippen LogP contribution in [-0.2, 0) is 27.6 Å². The number of rotatable bonds is 3. The Hall–Kier alpha value is -1.05. The molecular weight excluding hydrogens is 290 g/mol. The van der Waals surface area contributed by atoms with Gasteiger partial charge in [0, 0.05) is 37.7 Å². The minimum absolute atomic E-state index is 0.151. The molecule has 0 aliphatic carbocycles. The number of hydrogen-bond donors (Lipinski definition) is 0. The summed E-state index contributed by atoms with van der Waals surface area (Å²) in [5.41, 5.74) is 3.20. The van der Waals surface area contributed by atoms with Crippen LogP contribution in [0.1, 0.15) is 36.2 Å². The Morgan fingerprint density at radius 2 is 2.14 bits per heavy atom. The van der Waals surface area contributed by atoms with Crippen LogP contribution in [0, 0.1) is 0 Å². The number of ether oxygens (including phenoxy) is 1. The smallest absolute Gasteiger partial charge is 0.213 e. The summed E-state index contributed by atoms with van der Waals surface area (Å²) in [6, 6.07) is 0. The van der Waals surface area contributed by atoms with E-state index >= 15 is 0 Å². The Bertz CT molecular complexity index is 612. The van der Waals surface area contributed by atoms with Crippen LogP contribution in [-0.4, -0.2) is 54.7 Å². The molecule has 1 aromatic rings. The largest absolute Gasteiger partial charge is 0.381 e. The molecule has 0 amide bonds. The first-order valence-electron chi connectivity index (χ1n) is 7.50. The van der Waals surface area contributed by atoms with Crippen molar-refractivity contribution in [3.8, 4) is 0 Å². The molecule has 1 aromatic heterocycles. The minimum atomic E-state index is -3.13. The van der Waals surface area contributed by atoms with Crippen molar-refractivity contribution in [3.05, 3.63) is 23.3 Å². The number of hydrogen-bond acceptors (Lipinski definition) is 5. The van der Waals surface area contributed by atoms with E-state index in [0.717, 1.165) is 30.0 Å². The van der Waals surface area contributed by atoms with E-state index in [1.165, 1.54) is 0 Å². The third-order valence-electron chi connectivity index (χ3n) is 4.35. The Balaban J connectivity index is 1.87. The second-order valence-corrected chi connectivity index (χ2v) is 7.80. The first-order chi connectivity index (χ1) is 10.1. The minimum Gasteiger partial charge on any atom is -0.381 e. The van der Waals surface area contributed by atoms with Gasteiger partial charge in [0.15, 0.2) is 0 Å². The third kappa shape index (κ3) is 2.95. The van der Waals surface area contributed by atoms with E-state index < -0.39 is 10.0 Å². The summed E-state index contributed by atoms with van der Waals surface area (Å²) in [5, 5.41) is 0. The predicted octanol–water partition coefficient (Wildman–Crippen LogP) is 0.731. The highest BCUT2D eigenvalue weighted by atomic mass is 32.2. The van der Waals surface area contributed by atoms with Crippen LogP contribution in [0.4, 0.5) is 0 Å². The third-order valence-corrected chi connectivity index (χ3v) is 6.23. The number of aromatic nitrogens is 2. The van der Waals surface area contributed by atoms with Crippen LogP contribution in [0.5, 0.6) is 0 Å². The lowest BCUT2D eigenvalue weighted by Crippen LogP contribution is -2.34. The Labute approximate surface area is 125 Å². The first-order valence-corrected chi connectivity index (χ1v) is 9.11. The Kier molecular flexibility index (Phi) is 4.24. The van der Waals surface area contributed by atoms with Crippen molar-refractivity contribution in [2.45, 2.75) is 32.1 Å². The summed E-state index contributed by atoms with van der Waals surface area (Å²) in [5.74, 6) is 0.481. The molecule has 21 heavy (non-hydrogen) atoms. The molecular formula is C14H21N3O3S. The molecule has 116 valence electrons. The molecule has 0 saturated carbocycles. The quantitative estimate of drug-likeness (QED) is 0.823. The van der Waals surface area contributed by atoms with Crippen molar-refractivity contribution < 1.29 is 13.2 Å². The molecule has 6 nitrogen and oxygen atoms in total. The van der Waals surface area contributed by atoms with E-state index in [2.05, 4.69) is 9.97 Å². The summed E-state index contributed by atoms with van der Waals surface area (Å²) >= 11 is 0. The van der Waals surface area contributed by atoms with E-state index in [0.29, 0.717) is 38.5 Å². The van der Waals surface area contributed by atoms with Gasteiger partial charge in [-0.3, -0.25) is 0 Å². The van der Waals surface area contributed by atoms with Crippen LogP contribution in [0.15, 0.2) is 6.33 Å². The van der Waals surface area contributed by atoms with Gasteiger partial charge in [-0.2, -0.15) is 0 Å². The second-order valence-electron chi connectivity index (χ2n) is 5.54. The van der Waals surface area contributed by atoms with Crippen LogP contribution >= 0.6 is 0 Å². The van der Waals surface area contributed by atoms with E-state index in [1.807, 2.05) is 0 Å². The molecule has 0 N–H and O–H groups in total. The summed E-state index contributed by atoms with van der Waals surface area (Å²) in [6.45, 7) is 4.21. The van der Waals surface area contributed by atoms with Crippen LogP contribution < -0.4 is 0 Å². The maximum absolute atomic E-state index is 12.1. The number of fused-ring (bicyclic) bond motifs is 1. The van der Waals surface area contributed by atoms with Gasteiger partial charge < -0.3 is 4.74 Å². The molecule has 1 saturated heterocycles. The fourth-order valence-electron chi connectivity index (χ4n) is 3.09. The van der Waals surface area contributed by atoms with Crippen LogP contribution in [0.2, 0.25) is 0 Å². The molecule has 3 rings (SSSR count). The molecule has 7 heteroatoms. The zero-order valence-electron chi connectivity index (χ0n) is 12.3. The molecule has 1 fully saturated rings. The van der Waals surface area contributed by atoms with Gasteiger partial charge >= 0.3 is 0 Å². The first kappa shape index (κ1) is 14.9. The standard InChI is InChI=1S/C14H21N3O3S/c1-2-21(18,19)17-6-3-12-13(4-7-17)15-10-16-14(12)11-5-8-20-9-11/h10-11H,2-9H2,1H3. The lowest BCUT2D eigenvalue weighted by Gasteiger charge is -2.18. The Morgan fingerprint density at radius 1 is 1.33 bits per heavy atom. The van der Waals surface area contributed by atoms with Gasteiger partial charge in [0.25, 0.3) is 0 Å². The summed E-state index contributed by atoms with van der Waals surface area (Å²) in [7, 11) is -3.13. The molecule has 0 spiro atoms. The Morgan fingerprint density at radius 3 is 2.86 bits per heavy atom. The van der Waals surface area contributed by atoms with Gasteiger partial charge in [-0.15, -0.1) is 0 Å². The molecule has 2 aliphatic heterocycles. The van der Waals surface area contributed by atoms with Crippen molar-refractivity contribution in [1.82, 2.24) is 14.3 Å². The maximum Gasteiger partial charge on any atom is 0.213 e. The van der Waals surface area contributed by atoms with E-state index in [9.17, 15) is 8.42 Å². The maximum atomic E-state index is 12.1. The van der Waals surface area contributed by atoms with Crippen molar-refractivity contribution in [2.75, 3.05) is 32.1 Å². The van der Waals surface area contributed by atoms with Gasteiger partial charge in [-0.05, 0) is 25.3 Å². The number of sulfonamides is 1. The van der Waals surface area contributed by atoms with Gasteiger partial charge in [-0.25, -0.2) is 22.7 Å². The average Bonchev–Trinajstić information content (AvgIpc) is 2.92. The highest BCUT2D eigenvalue weighted by Crippen LogP contribution is 2.29. The highest BCUT2D eigenvalue weighted by Gasteiger charge is 2.28. The highest BCUT2D eigenvalue weighted by molar-refractivity contribution is 7.89. The SMILES string of the molecule is CCS(=O)(=O)N1CCc2ncnc(C3CCOC3)c2CC1. The molecule has 3 heterocycles. The van der Waals surface area contributed by atoms with Crippen molar-refractivity contribution >= 4 is 10.0 Å². The van der Waals surface area contributed by atoms with Crippen molar-refractivity contribution in [2.24, 2.45) is 0 Å². The lowest BCUT2D eigenvalue weighted by atomic mass is 9.96. The average molecular weight is 311 g/mol. The van der Waals surface area contributed by atoms with Gasteiger partial charge in [0.1, 0.15) is 6.33 Å². The van der Waals surface area contributed by atoms with Crippen LogP contribution in [0.3, 0.4) is 0 Å². The zero-order valence-corrected chi connectivity index (χ0v) is 13.1. The molecule has 2 aliphatic rings. The van der Waals surface area contributed by atoms with E-state index in [1.54, 1.807) is 17.6 Å². The molecule has 0 bridgehead atoms. The van der Waals surface area contributed by atoms with Crippen molar-refractivity contribution in [3.63, 3.8) is 0 Å². The monoisotopic (exact) mass is 311 g/mol. The summed E-state index contributed by atoms with van der Waals surface area (Å²) in [4.78, 5) is 8.84. The molecule has 1 unspecified atom stereocenters. The normalized spacial score (nSPS) is 23.8. The summed E-state index contributed by atoms with van der Waals surface area (Å²) in [6.07, 6.45) is 3.95. The molecule has 0 aromatic carbocycles. The lowest BCUT2D eigenvalue weighted by molar-refractivity contribution is 0.193. The fraction of sp³-hybridized carbons (Fsp3) is 0.714. The molecule has 0 radical (unpaired) electrons. The van der Waals surface area contributed by atoms with Gasteiger partial charge in [-0.1, -0.05) is 0 Å². The zero-order chi connectivity index (χ0) is 14.9. The van der Waals surface area contributed by atoms with Gasteiger partial charge in [0.05, 0.1) is 18.1 Å². The van der Waals surface area contributed by atoms with E-state index in [-0.39, 0.29) is 5.75 Å². The van der Waals surface area contributed by atoms with Crippen LogP contribution in [0.25, 0.3) is 0 Å².